The Morgan fingerprint density at radius 3 is 3.07 bits per heavy atom. The maximum absolute atomic E-state index is 4.49. The summed E-state index contributed by atoms with van der Waals surface area (Å²) in [6, 6.07) is 4.05. The van der Waals surface area contributed by atoms with Gasteiger partial charge in [-0.05, 0) is 18.0 Å². The molecule has 0 aliphatic rings. The summed E-state index contributed by atoms with van der Waals surface area (Å²) in [5.41, 5.74) is 0. The molecule has 0 aliphatic heterocycles. The zero-order valence-electron chi connectivity index (χ0n) is 8.90. The predicted molar refractivity (Wildman–Crippen MR) is 61.7 cm³/mol. The molecule has 80 valence electrons. The fourth-order valence-corrected chi connectivity index (χ4v) is 1.97. The van der Waals surface area contributed by atoms with Crippen molar-refractivity contribution in [1.82, 2.24) is 20.1 Å². The molecule has 2 heterocycles. The van der Waals surface area contributed by atoms with Gasteiger partial charge in [0.1, 0.15) is 5.82 Å². The largest absolute Gasteiger partial charge is 0.310 e. The maximum atomic E-state index is 4.49. The molecule has 0 amide bonds. The zero-order valence-corrected chi connectivity index (χ0v) is 9.71. The van der Waals surface area contributed by atoms with Crippen molar-refractivity contribution in [2.75, 3.05) is 6.54 Å². The molecule has 1 N–H and O–H groups in total. The molecule has 0 bridgehead atoms. The van der Waals surface area contributed by atoms with Crippen molar-refractivity contribution in [3.63, 3.8) is 0 Å². The van der Waals surface area contributed by atoms with E-state index in [1.165, 1.54) is 0 Å². The Morgan fingerprint density at radius 2 is 2.40 bits per heavy atom. The first-order chi connectivity index (χ1) is 7.31. The van der Waals surface area contributed by atoms with Crippen LogP contribution in [-0.2, 0) is 13.6 Å². The van der Waals surface area contributed by atoms with E-state index in [1.54, 1.807) is 11.3 Å². The van der Waals surface area contributed by atoms with Gasteiger partial charge in [-0.2, -0.15) is 5.10 Å². The molecule has 0 atom stereocenters. The Labute approximate surface area is 93.0 Å². The Hall–Kier alpha value is -1.20. The quantitative estimate of drug-likeness (QED) is 0.855. The normalized spacial score (nSPS) is 10.8. The van der Waals surface area contributed by atoms with E-state index in [-0.39, 0.29) is 0 Å². The number of aryl methyl sites for hydroxylation is 1. The van der Waals surface area contributed by atoms with Crippen LogP contribution in [0.3, 0.4) is 0 Å². The van der Waals surface area contributed by atoms with Gasteiger partial charge in [-0.3, -0.25) is 4.68 Å². The molecule has 0 radical (unpaired) electrons. The highest BCUT2D eigenvalue weighted by atomic mass is 32.1. The van der Waals surface area contributed by atoms with Gasteiger partial charge in [0, 0.05) is 7.05 Å². The van der Waals surface area contributed by atoms with Gasteiger partial charge in [-0.1, -0.05) is 13.0 Å². The lowest BCUT2D eigenvalue weighted by molar-refractivity contribution is 0.630. The first-order valence-corrected chi connectivity index (χ1v) is 5.83. The minimum atomic E-state index is 0.769. The topological polar surface area (TPSA) is 42.7 Å². The molecule has 5 heteroatoms. The van der Waals surface area contributed by atoms with E-state index >= 15 is 0 Å². The Kier molecular flexibility index (Phi) is 3.13. The van der Waals surface area contributed by atoms with Crippen LogP contribution in [0.4, 0.5) is 0 Å². The number of rotatable bonds is 4. The van der Waals surface area contributed by atoms with Gasteiger partial charge in [0.05, 0.1) is 11.4 Å². The molecule has 2 rings (SSSR count). The van der Waals surface area contributed by atoms with Crippen LogP contribution in [0.25, 0.3) is 10.7 Å². The van der Waals surface area contributed by atoms with Crippen molar-refractivity contribution >= 4 is 11.3 Å². The molecule has 2 aromatic heterocycles. The highest BCUT2D eigenvalue weighted by Crippen LogP contribution is 2.20. The van der Waals surface area contributed by atoms with Crippen molar-refractivity contribution in [1.29, 1.82) is 0 Å². The number of hydrogen-bond acceptors (Lipinski definition) is 4. The van der Waals surface area contributed by atoms with Gasteiger partial charge in [0.15, 0.2) is 5.82 Å². The smallest absolute Gasteiger partial charge is 0.191 e. The summed E-state index contributed by atoms with van der Waals surface area (Å²) in [4.78, 5) is 5.61. The van der Waals surface area contributed by atoms with Crippen molar-refractivity contribution in [2.24, 2.45) is 7.05 Å². The van der Waals surface area contributed by atoms with Crippen LogP contribution < -0.4 is 5.32 Å². The van der Waals surface area contributed by atoms with Crippen molar-refractivity contribution in [3.8, 4) is 10.7 Å². The Balaban J connectivity index is 2.21. The second kappa shape index (κ2) is 4.55. The van der Waals surface area contributed by atoms with Crippen LogP contribution in [0.1, 0.15) is 12.7 Å². The standard InChI is InChI=1S/C10H14N4S/c1-3-11-7-9-12-10(13-14(9)2)8-5-4-6-15-8/h4-6,11H,3,7H2,1-2H3. The molecule has 0 saturated carbocycles. The van der Waals surface area contributed by atoms with Crippen molar-refractivity contribution < 1.29 is 0 Å². The number of nitrogens with one attached hydrogen (secondary N) is 1. The van der Waals surface area contributed by atoms with Crippen LogP contribution in [0.2, 0.25) is 0 Å². The van der Waals surface area contributed by atoms with Crippen LogP contribution >= 0.6 is 11.3 Å². The molecular formula is C10H14N4S. The third kappa shape index (κ3) is 2.24. The van der Waals surface area contributed by atoms with Gasteiger partial charge in [0.25, 0.3) is 0 Å². The lowest BCUT2D eigenvalue weighted by Crippen LogP contribution is -2.15. The molecular weight excluding hydrogens is 208 g/mol. The summed E-state index contributed by atoms with van der Waals surface area (Å²) in [5, 5.41) is 9.66. The SMILES string of the molecule is CCNCc1nc(-c2cccs2)nn1C. The average molecular weight is 222 g/mol. The lowest BCUT2D eigenvalue weighted by atomic mass is 10.4. The Morgan fingerprint density at radius 1 is 1.53 bits per heavy atom. The summed E-state index contributed by atoms with van der Waals surface area (Å²) in [7, 11) is 1.93. The number of aromatic nitrogens is 3. The molecule has 0 fully saturated rings. The number of thiophene rings is 1. The fraction of sp³-hybridized carbons (Fsp3) is 0.400. The first-order valence-electron chi connectivity index (χ1n) is 4.95. The van der Waals surface area contributed by atoms with E-state index in [9.17, 15) is 0 Å². The number of nitrogens with zero attached hydrogens (tertiary/aromatic N) is 3. The summed E-state index contributed by atoms with van der Waals surface area (Å²) in [6.07, 6.45) is 0. The molecule has 0 spiro atoms. The summed E-state index contributed by atoms with van der Waals surface area (Å²) < 4.78 is 1.83. The van der Waals surface area contributed by atoms with E-state index in [4.69, 9.17) is 0 Å². The monoisotopic (exact) mass is 222 g/mol. The highest BCUT2D eigenvalue weighted by molar-refractivity contribution is 7.13. The summed E-state index contributed by atoms with van der Waals surface area (Å²) in [6.45, 7) is 3.79. The van der Waals surface area contributed by atoms with Crippen LogP contribution in [0, 0.1) is 0 Å². The van der Waals surface area contributed by atoms with Gasteiger partial charge < -0.3 is 5.32 Å². The van der Waals surface area contributed by atoms with Gasteiger partial charge in [0.2, 0.25) is 0 Å². The first kappa shape index (κ1) is 10.3. The van der Waals surface area contributed by atoms with Gasteiger partial charge in [-0.15, -0.1) is 11.3 Å². The zero-order chi connectivity index (χ0) is 10.7. The molecule has 0 unspecified atom stereocenters. The van der Waals surface area contributed by atoms with Gasteiger partial charge in [-0.25, -0.2) is 4.98 Å². The summed E-state index contributed by atoms with van der Waals surface area (Å²) in [5.74, 6) is 1.79. The Bertz CT molecular complexity index is 419. The second-order valence-corrected chi connectivity index (χ2v) is 4.18. The van der Waals surface area contributed by atoms with E-state index in [2.05, 4.69) is 22.3 Å². The molecule has 15 heavy (non-hydrogen) atoms. The minimum Gasteiger partial charge on any atom is -0.310 e. The van der Waals surface area contributed by atoms with E-state index < -0.39 is 0 Å². The second-order valence-electron chi connectivity index (χ2n) is 3.23. The van der Waals surface area contributed by atoms with Crippen molar-refractivity contribution in [2.45, 2.75) is 13.5 Å². The third-order valence-corrected chi connectivity index (χ3v) is 2.99. The van der Waals surface area contributed by atoms with Crippen LogP contribution in [0.5, 0.6) is 0 Å². The average Bonchev–Trinajstić information content (AvgIpc) is 2.83. The fourth-order valence-electron chi connectivity index (χ4n) is 1.32. The van der Waals surface area contributed by atoms with E-state index in [0.717, 1.165) is 29.6 Å². The van der Waals surface area contributed by atoms with Gasteiger partial charge >= 0.3 is 0 Å². The van der Waals surface area contributed by atoms with Crippen LogP contribution in [0.15, 0.2) is 17.5 Å². The summed E-state index contributed by atoms with van der Waals surface area (Å²) >= 11 is 1.66. The predicted octanol–water partition coefficient (Wildman–Crippen LogP) is 1.65. The lowest BCUT2D eigenvalue weighted by Gasteiger charge is -1.98. The molecule has 0 aromatic carbocycles. The van der Waals surface area contributed by atoms with Crippen molar-refractivity contribution in [3.05, 3.63) is 23.3 Å². The molecule has 0 aliphatic carbocycles. The molecule has 2 aromatic rings. The molecule has 0 saturated heterocycles. The third-order valence-electron chi connectivity index (χ3n) is 2.13. The van der Waals surface area contributed by atoms with E-state index in [0.29, 0.717) is 0 Å². The minimum absolute atomic E-state index is 0.769. The highest BCUT2D eigenvalue weighted by Gasteiger charge is 2.08. The molecule has 4 nitrogen and oxygen atoms in total. The maximum Gasteiger partial charge on any atom is 0.191 e. The van der Waals surface area contributed by atoms with Crippen LogP contribution in [-0.4, -0.2) is 21.3 Å². The number of hydrogen-bond donors (Lipinski definition) is 1. The van der Waals surface area contributed by atoms with E-state index in [1.807, 2.05) is 29.2 Å².